The number of ether oxygens (including phenoxy) is 3. The van der Waals surface area contributed by atoms with Crippen LogP contribution in [0.5, 0.6) is 11.5 Å². The van der Waals surface area contributed by atoms with Crippen LogP contribution in [0.1, 0.15) is 19.8 Å². The molecular formula is C19H28N2O4. The van der Waals surface area contributed by atoms with Gasteiger partial charge in [0.1, 0.15) is 6.61 Å². The number of carbonyl (C=O) groups is 1. The number of nitrogens with zero attached hydrogens (tertiary/aromatic N) is 1. The summed E-state index contributed by atoms with van der Waals surface area (Å²) in [5, 5.41) is 3.33. The molecule has 0 bridgehead atoms. The van der Waals surface area contributed by atoms with Gasteiger partial charge in [0.15, 0.2) is 17.6 Å². The van der Waals surface area contributed by atoms with Gasteiger partial charge in [-0.3, -0.25) is 4.79 Å². The minimum atomic E-state index is -0.427. The number of methoxy groups -OCH3 is 1. The monoisotopic (exact) mass is 348 g/mol. The van der Waals surface area contributed by atoms with Crippen molar-refractivity contribution in [1.82, 2.24) is 10.2 Å². The Bertz CT molecular complexity index is 581. The number of amides is 1. The zero-order chi connectivity index (χ0) is 17.7. The first-order valence-corrected chi connectivity index (χ1v) is 9.06. The summed E-state index contributed by atoms with van der Waals surface area (Å²) in [7, 11) is 1.67. The van der Waals surface area contributed by atoms with Crippen molar-refractivity contribution in [1.29, 1.82) is 0 Å². The second kappa shape index (κ2) is 8.06. The number of rotatable bonds is 6. The van der Waals surface area contributed by atoms with Crippen molar-refractivity contribution in [2.24, 2.45) is 5.41 Å². The Morgan fingerprint density at radius 3 is 2.72 bits per heavy atom. The summed E-state index contributed by atoms with van der Waals surface area (Å²) in [6.45, 7) is 5.82. The largest absolute Gasteiger partial charge is 0.486 e. The van der Waals surface area contributed by atoms with E-state index in [-0.39, 0.29) is 12.0 Å². The summed E-state index contributed by atoms with van der Waals surface area (Å²) in [6.07, 6.45) is 1.46. The highest BCUT2D eigenvalue weighted by atomic mass is 16.6. The maximum Gasteiger partial charge on any atom is 0.231 e. The minimum absolute atomic E-state index is 0.153. The fourth-order valence-electron chi connectivity index (χ4n) is 3.69. The molecule has 1 unspecified atom stereocenters. The second-order valence-electron chi connectivity index (χ2n) is 6.80. The molecule has 138 valence electrons. The van der Waals surface area contributed by atoms with E-state index >= 15 is 0 Å². The molecule has 2 heterocycles. The van der Waals surface area contributed by atoms with Crippen LogP contribution in [0.2, 0.25) is 0 Å². The first kappa shape index (κ1) is 18.0. The van der Waals surface area contributed by atoms with Gasteiger partial charge in [-0.25, -0.2) is 0 Å². The maximum atomic E-state index is 13.3. The Hall–Kier alpha value is -1.79. The lowest BCUT2D eigenvalue weighted by molar-refractivity contribution is -0.149. The van der Waals surface area contributed by atoms with Gasteiger partial charge in [-0.05, 0) is 45.0 Å². The van der Waals surface area contributed by atoms with Crippen LogP contribution in [0, 0.1) is 5.41 Å². The third kappa shape index (κ3) is 3.90. The van der Waals surface area contributed by atoms with Gasteiger partial charge < -0.3 is 24.4 Å². The first-order chi connectivity index (χ1) is 12.2. The Morgan fingerprint density at radius 1 is 1.32 bits per heavy atom. The van der Waals surface area contributed by atoms with Crippen molar-refractivity contribution in [2.45, 2.75) is 25.9 Å². The van der Waals surface area contributed by atoms with Gasteiger partial charge in [0.25, 0.3) is 0 Å². The number of fused-ring (bicyclic) bond motifs is 1. The van der Waals surface area contributed by atoms with Crippen LogP contribution in [0.3, 0.4) is 0 Å². The van der Waals surface area contributed by atoms with Crippen molar-refractivity contribution in [3.05, 3.63) is 24.3 Å². The van der Waals surface area contributed by atoms with E-state index in [0.29, 0.717) is 26.3 Å². The second-order valence-corrected chi connectivity index (χ2v) is 6.80. The number of para-hydroxylation sites is 2. The highest BCUT2D eigenvalue weighted by Gasteiger charge is 2.42. The Balaban J connectivity index is 1.68. The number of hydrogen-bond donors (Lipinski definition) is 1. The van der Waals surface area contributed by atoms with Gasteiger partial charge >= 0.3 is 0 Å². The molecule has 1 saturated heterocycles. The van der Waals surface area contributed by atoms with E-state index in [9.17, 15) is 4.79 Å². The summed E-state index contributed by atoms with van der Waals surface area (Å²) in [5.41, 5.74) is -0.427. The molecule has 1 amide bonds. The van der Waals surface area contributed by atoms with Crippen LogP contribution < -0.4 is 14.8 Å². The molecule has 1 fully saturated rings. The van der Waals surface area contributed by atoms with Gasteiger partial charge in [0, 0.05) is 13.7 Å². The molecule has 1 atom stereocenters. The van der Waals surface area contributed by atoms with Crippen molar-refractivity contribution in [3.63, 3.8) is 0 Å². The van der Waals surface area contributed by atoms with E-state index < -0.39 is 5.41 Å². The third-order valence-corrected chi connectivity index (χ3v) is 5.10. The lowest BCUT2D eigenvalue weighted by Gasteiger charge is -2.40. The summed E-state index contributed by atoms with van der Waals surface area (Å²) < 4.78 is 17.2. The van der Waals surface area contributed by atoms with Crippen LogP contribution in [-0.2, 0) is 9.53 Å². The van der Waals surface area contributed by atoms with Crippen LogP contribution >= 0.6 is 0 Å². The molecular weight excluding hydrogens is 320 g/mol. The summed E-state index contributed by atoms with van der Waals surface area (Å²) in [6, 6.07) is 7.65. The lowest BCUT2D eigenvalue weighted by atomic mass is 9.78. The Morgan fingerprint density at radius 2 is 2.04 bits per heavy atom. The number of piperidine rings is 1. The molecule has 2 aliphatic heterocycles. The van der Waals surface area contributed by atoms with Gasteiger partial charge in [-0.1, -0.05) is 12.1 Å². The highest BCUT2D eigenvalue weighted by Crippen LogP contribution is 2.33. The number of hydrogen-bond acceptors (Lipinski definition) is 5. The summed E-state index contributed by atoms with van der Waals surface area (Å²) in [4.78, 5) is 15.2. The van der Waals surface area contributed by atoms with Crippen molar-refractivity contribution < 1.29 is 19.0 Å². The Kier molecular flexibility index (Phi) is 5.81. The predicted molar refractivity (Wildman–Crippen MR) is 95.0 cm³/mol. The molecule has 6 nitrogen and oxygen atoms in total. The average molecular weight is 348 g/mol. The maximum absolute atomic E-state index is 13.3. The fraction of sp³-hybridized carbons (Fsp3) is 0.632. The molecule has 0 radical (unpaired) electrons. The van der Waals surface area contributed by atoms with Gasteiger partial charge in [0.2, 0.25) is 5.91 Å². The summed E-state index contributed by atoms with van der Waals surface area (Å²) >= 11 is 0. The third-order valence-electron chi connectivity index (χ3n) is 5.10. The van der Waals surface area contributed by atoms with Crippen molar-refractivity contribution in [2.75, 3.05) is 46.5 Å². The van der Waals surface area contributed by atoms with E-state index in [1.165, 1.54) is 0 Å². The van der Waals surface area contributed by atoms with Crippen LogP contribution in [0.25, 0.3) is 0 Å². The predicted octanol–water partition coefficient (Wildman–Crippen LogP) is 1.69. The topological polar surface area (TPSA) is 60.0 Å². The molecule has 1 aromatic rings. The van der Waals surface area contributed by atoms with Crippen molar-refractivity contribution in [3.8, 4) is 11.5 Å². The molecule has 1 N–H and O–H groups in total. The first-order valence-electron chi connectivity index (χ1n) is 9.06. The van der Waals surface area contributed by atoms with E-state index in [1.54, 1.807) is 7.11 Å². The quantitative estimate of drug-likeness (QED) is 0.848. The molecule has 1 aromatic carbocycles. The van der Waals surface area contributed by atoms with Gasteiger partial charge in [0.05, 0.1) is 18.6 Å². The number of nitrogens with one attached hydrogen (secondary N) is 1. The van der Waals surface area contributed by atoms with E-state index in [4.69, 9.17) is 14.2 Å². The molecule has 2 aliphatic rings. The minimum Gasteiger partial charge on any atom is -0.486 e. The molecule has 0 aliphatic carbocycles. The zero-order valence-electron chi connectivity index (χ0n) is 15.1. The lowest BCUT2D eigenvalue weighted by Crippen LogP contribution is -2.54. The van der Waals surface area contributed by atoms with Gasteiger partial charge in [-0.2, -0.15) is 0 Å². The smallest absolute Gasteiger partial charge is 0.231 e. The highest BCUT2D eigenvalue weighted by molar-refractivity contribution is 5.83. The number of benzene rings is 1. The number of carbonyl (C=O) groups excluding carboxylic acids is 1. The fourth-order valence-corrected chi connectivity index (χ4v) is 3.69. The van der Waals surface area contributed by atoms with Crippen LogP contribution in [-0.4, -0.2) is 63.4 Å². The average Bonchev–Trinajstić information content (AvgIpc) is 2.66. The van der Waals surface area contributed by atoms with Crippen molar-refractivity contribution >= 4 is 5.91 Å². The molecule has 0 saturated carbocycles. The van der Waals surface area contributed by atoms with E-state index in [2.05, 4.69) is 5.32 Å². The summed E-state index contributed by atoms with van der Waals surface area (Å²) in [5.74, 6) is 1.68. The van der Waals surface area contributed by atoms with Crippen LogP contribution in [0.4, 0.5) is 0 Å². The Labute approximate surface area is 149 Å². The molecule has 0 aromatic heterocycles. The number of likely N-dealkylation sites (N-methyl/N-ethyl adjacent to an activating group) is 1. The molecule has 0 spiro atoms. The van der Waals surface area contributed by atoms with Crippen LogP contribution in [0.15, 0.2) is 24.3 Å². The normalized spacial score (nSPS) is 21.6. The molecule has 3 rings (SSSR count). The SMILES string of the molecule is CCN(CC1COc2ccccc2O1)C(=O)C1(COC)CCNCC1. The van der Waals surface area contributed by atoms with E-state index in [1.807, 2.05) is 36.1 Å². The van der Waals surface area contributed by atoms with Gasteiger partial charge in [-0.15, -0.1) is 0 Å². The van der Waals surface area contributed by atoms with E-state index in [0.717, 1.165) is 37.4 Å². The standard InChI is InChI=1S/C19H28N2O4/c1-3-21(18(22)19(14-23-2)8-10-20-11-9-19)12-15-13-24-16-6-4-5-7-17(16)25-15/h4-7,15,20H,3,8-14H2,1-2H3. The molecule has 25 heavy (non-hydrogen) atoms. The zero-order valence-corrected chi connectivity index (χ0v) is 15.1. The molecule has 6 heteroatoms.